The van der Waals surface area contributed by atoms with E-state index in [9.17, 15) is 40.5 Å². The Bertz CT molecular complexity index is 1280. The molecule has 1 aliphatic heterocycles. The van der Waals surface area contributed by atoms with Crippen molar-refractivity contribution in [3.8, 4) is 0 Å². The highest BCUT2D eigenvalue weighted by atomic mass is 16.7. The minimum Gasteiger partial charge on any atom is -0.394 e. The molecule has 11 nitrogen and oxygen atoms in total. The van der Waals surface area contributed by atoms with E-state index in [0.29, 0.717) is 12.8 Å². The van der Waals surface area contributed by atoms with Crippen molar-refractivity contribution in [2.24, 2.45) is 0 Å². The number of hydrogen-bond donors (Lipinski definition) is 8. The van der Waals surface area contributed by atoms with E-state index >= 15 is 0 Å². The molecule has 1 rings (SSSR count). The summed E-state index contributed by atoms with van der Waals surface area (Å²) in [5.74, 6) is -0.706. The van der Waals surface area contributed by atoms with Crippen LogP contribution in [0.3, 0.4) is 0 Å². The molecule has 8 N–H and O–H groups in total. The van der Waals surface area contributed by atoms with E-state index in [1.54, 1.807) is 0 Å². The summed E-state index contributed by atoms with van der Waals surface area (Å²) in [6.07, 6.45) is 55.4. The molecule has 0 aromatic heterocycles. The fourth-order valence-corrected chi connectivity index (χ4v) is 10.7. The van der Waals surface area contributed by atoms with Crippen LogP contribution in [0.25, 0.3) is 0 Å². The Morgan fingerprint density at radius 2 is 0.776 bits per heavy atom. The zero-order chi connectivity index (χ0) is 55.4. The number of unbranched alkanes of at least 4 members (excludes halogenated alkanes) is 41. The summed E-state index contributed by atoms with van der Waals surface area (Å²) in [7, 11) is 0. The lowest BCUT2D eigenvalue weighted by Gasteiger charge is -2.40. The lowest BCUT2D eigenvalue weighted by Crippen LogP contribution is -2.60. The largest absolute Gasteiger partial charge is 0.394 e. The highest BCUT2D eigenvalue weighted by Crippen LogP contribution is 2.24. The van der Waals surface area contributed by atoms with E-state index in [1.807, 2.05) is 0 Å². The fourth-order valence-electron chi connectivity index (χ4n) is 10.7. The number of carbonyl (C=O) groups is 1. The summed E-state index contributed by atoms with van der Waals surface area (Å²) in [6.45, 7) is 3.49. The van der Waals surface area contributed by atoms with Crippen LogP contribution >= 0.6 is 0 Å². The van der Waals surface area contributed by atoms with Gasteiger partial charge in [0, 0.05) is 0 Å². The quantitative estimate of drug-likeness (QED) is 0.0215. The molecule has 1 heterocycles. The molecule has 0 aliphatic carbocycles. The first-order valence-corrected chi connectivity index (χ1v) is 32.7. The standard InChI is InChI=1S/C65H125NO10/c1-3-5-7-9-11-13-15-17-19-21-23-25-27-28-29-30-31-33-34-36-38-40-42-44-46-48-50-52-57(68)60(70)56(55-75-65-63(73)62(72)61(71)59(54-67)76-65)66-64(74)58(69)53-51-49-47-45-43-41-39-37-35-32-26-24-22-20-18-16-14-12-10-8-6-4-2/h35,37,44,46,56-63,65,67-73H,3-34,36,38-43,45,47-55H2,1-2H3,(H,66,74)/b37-35-,46-44+. The molecule has 0 saturated carbocycles. The van der Waals surface area contributed by atoms with E-state index in [2.05, 4.69) is 43.5 Å². The first-order chi connectivity index (χ1) is 37.2. The van der Waals surface area contributed by atoms with E-state index < -0.39 is 74.2 Å². The molecule has 1 fully saturated rings. The van der Waals surface area contributed by atoms with E-state index in [1.165, 1.54) is 218 Å². The molecule has 0 radical (unpaired) electrons. The fraction of sp³-hybridized carbons (Fsp3) is 0.923. The van der Waals surface area contributed by atoms with Gasteiger partial charge in [0.2, 0.25) is 5.91 Å². The van der Waals surface area contributed by atoms with Gasteiger partial charge in [-0.1, -0.05) is 276 Å². The van der Waals surface area contributed by atoms with Crippen molar-refractivity contribution in [3.05, 3.63) is 24.3 Å². The molecule has 0 aromatic rings. The van der Waals surface area contributed by atoms with Gasteiger partial charge in [-0.2, -0.15) is 0 Å². The van der Waals surface area contributed by atoms with Crippen molar-refractivity contribution in [1.82, 2.24) is 5.32 Å². The van der Waals surface area contributed by atoms with Crippen LogP contribution in [-0.4, -0.2) is 110 Å². The maximum atomic E-state index is 13.2. The highest BCUT2D eigenvalue weighted by molar-refractivity contribution is 5.80. The molecule has 450 valence electrons. The van der Waals surface area contributed by atoms with Crippen molar-refractivity contribution in [1.29, 1.82) is 0 Å². The number of aliphatic hydroxyl groups excluding tert-OH is 7. The van der Waals surface area contributed by atoms with Crippen LogP contribution in [0, 0.1) is 0 Å². The first kappa shape index (κ1) is 72.6. The zero-order valence-corrected chi connectivity index (χ0v) is 49.5. The summed E-state index contributed by atoms with van der Waals surface area (Å²) >= 11 is 0. The van der Waals surface area contributed by atoms with Crippen molar-refractivity contribution in [2.75, 3.05) is 13.2 Å². The van der Waals surface area contributed by atoms with E-state index in [0.717, 1.165) is 57.8 Å². The third-order valence-corrected chi connectivity index (χ3v) is 16.0. The van der Waals surface area contributed by atoms with Gasteiger partial charge in [-0.05, 0) is 64.2 Å². The smallest absolute Gasteiger partial charge is 0.249 e. The van der Waals surface area contributed by atoms with Crippen molar-refractivity contribution >= 4 is 5.91 Å². The second-order valence-electron chi connectivity index (χ2n) is 23.2. The lowest BCUT2D eigenvalue weighted by atomic mass is 9.98. The topological polar surface area (TPSA) is 189 Å². The molecule has 0 bridgehead atoms. The molecular formula is C65H125NO10. The van der Waals surface area contributed by atoms with Crippen molar-refractivity contribution in [3.63, 3.8) is 0 Å². The number of rotatable bonds is 57. The van der Waals surface area contributed by atoms with Gasteiger partial charge >= 0.3 is 0 Å². The maximum Gasteiger partial charge on any atom is 0.249 e. The number of nitrogens with one attached hydrogen (secondary N) is 1. The predicted molar refractivity (Wildman–Crippen MR) is 316 cm³/mol. The van der Waals surface area contributed by atoms with Crippen LogP contribution in [0.1, 0.15) is 316 Å². The number of amides is 1. The molecule has 1 aliphatic rings. The summed E-state index contributed by atoms with van der Waals surface area (Å²) in [5, 5.41) is 76.3. The summed E-state index contributed by atoms with van der Waals surface area (Å²) < 4.78 is 11.2. The van der Waals surface area contributed by atoms with Crippen molar-refractivity contribution in [2.45, 2.75) is 371 Å². The number of carbonyl (C=O) groups excluding carboxylic acids is 1. The highest BCUT2D eigenvalue weighted by Gasteiger charge is 2.44. The first-order valence-electron chi connectivity index (χ1n) is 32.7. The van der Waals surface area contributed by atoms with Crippen LogP contribution in [-0.2, 0) is 14.3 Å². The lowest BCUT2D eigenvalue weighted by molar-refractivity contribution is -0.303. The molecule has 0 aromatic carbocycles. The van der Waals surface area contributed by atoms with Gasteiger partial charge < -0.3 is 50.5 Å². The number of ether oxygens (including phenoxy) is 2. The molecule has 1 amide bonds. The van der Waals surface area contributed by atoms with Gasteiger partial charge in [0.05, 0.1) is 25.4 Å². The Labute approximate surface area is 467 Å². The summed E-state index contributed by atoms with van der Waals surface area (Å²) in [6, 6.07) is -1.19. The van der Waals surface area contributed by atoms with E-state index in [-0.39, 0.29) is 12.8 Å². The van der Waals surface area contributed by atoms with Gasteiger partial charge in [0.15, 0.2) is 6.29 Å². The molecule has 9 atom stereocenters. The summed E-state index contributed by atoms with van der Waals surface area (Å²) in [5.41, 5.74) is 0. The number of allylic oxidation sites excluding steroid dienone is 4. The van der Waals surface area contributed by atoms with Crippen molar-refractivity contribution < 1.29 is 50.0 Å². The Hall–Kier alpha value is -1.41. The summed E-state index contributed by atoms with van der Waals surface area (Å²) in [4.78, 5) is 13.2. The van der Waals surface area contributed by atoms with Gasteiger partial charge in [0.25, 0.3) is 0 Å². The average Bonchev–Trinajstić information content (AvgIpc) is 3.42. The van der Waals surface area contributed by atoms with E-state index in [4.69, 9.17) is 9.47 Å². The van der Waals surface area contributed by atoms with Gasteiger partial charge in [0.1, 0.15) is 36.6 Å². The van der Waals surface area contributed by atoms with Gasteiger partial charge in [-0.25, -0.2) is 0 Å². The Morgan fingerprint density at radius 1 is 0.447 bits per heavy atom. The SMILES string of the molecule is CCCCCCCCCCCCCC/C=C\CCCCCCCCC(O)C(=O)NC(COC1OC(CO)C(O)C(O)C1O)C(O)C(O)CCC/C=C/CCCCCCCCCCCCCCCCCCCCCCCC. The second kappa shape index (κ2) is 54.2. The van der Waals surface area contributed by atoms with Crippen LogP contribution in [0.15, 0.2) is 24.3 Å². The van der Waals surface area contributed by atoms with Crippen LogP contribution in [0.2, 0.25) is 0 Å². The Morgan fingerprint density at radius 3 is 1.13 bits per heavy atom. The maximum absolute atomic E-state index is 13.2. The third-order valence-electron chi connectivity index (χ3n) is 16.0. The van der Waals surface area contributed by atoms with Crippen LogP contribution in [0.5, 0.6) is 0 Å². The van der Waals surface area contributed by atoms with Crippen LogP contribution in [0.4, 0.5) is 0 Å². The molecule has 9 unspecified atom stereocenters. The zero-order valence-electron chi connectivity index (χ0n) is 49.5. The molecule has 11 heteroatoms. The molecule has 0 spiro atoms. The predicted octanol–water partition coefficient (Wildman–Crippen LogP) is 14.9. The Balaban J connectivity index is 2.26. The minimum absolute atomic E-state index is 0.249. The van der Waals surface area contributed by atoms with Crippen LogP contribution < -0.4 is 5.32 Å². The molecular weight excluding hydrogens is 955 g/mol. The molecule has 76 heavy (non-hydrogen) atoms. The average molecular weight is 1080 g/mol. The number of hydrogen-bond acceptors (Lipinski definition) is 10. The minimum atomic E-state index is -1.67. The van der Waals surface area contributed by atoms with Gasteiger partial charge in [-0.15, -0.1) is 0 Å². The molecule has 1 saturated heterocycles. The number of aliphatic hydroxyl groups is 7. The normalized spacial score (nSPS) is 19.7. The monoisotopic (exact) mass is 1080 g/mol. The second-order valence-corrected chi connectivity index (χ2v) is 23.2. The Kier molecular flexibility index (Phi) is 51.8. The van der Waals surface area contributed by atoms with Gasteiger partial charge in [-0.3, -0.25) is 4.79 Å². The third kappa shape index (κ3) is 41.6.